The molecule has 10 heteroatoms. The van der Waals surface area contributed by atoms with Crippen molar-refractivity contribution in [1.29, 1.82) is 0 Å². The molecule has 142 valence electrons. The van der Waals surface area contributed by atoms with Crippen LogP contribution in [0.3, 0.4) is 0 Å². The molecule has 1 heterocycles. The van der Waals surface area contributed by atoms with E-state index in [2.05, 4.69) is 0 Å². The van der Waals surface area contributed by atoms with Gasteiger partial charge in [-0.25, -0.2) is 0 Å². The van der Waals surface area contributed by atoms with Crippen LogP contribution >= 0.6 is 47.0 Å². The predicted molar refractivity (Wildman–Crippen MR) is 105 cm³/mol. The van der Waals surface area contributed by atoms with Crippen LogP contribution in [0.2, 0.25) is 0 Å². The van der Waals surface area contributed by atoms with E-state index in [1.165, 1.54) is 34.8 Å². The molecule has 5 atom stereocenters. The van der Waals surface area contributed by atoms with Gasteiger partial charge in [-0.05, 0) is 0 Å². The summed E-state index contributed by atoms with van der Waals surface area (Å²) in [7, 11) is 1.47. The molecule has 6 nitrogen and oxygen atoms in total. The smallest absolute Gasteiger partial charge is 0.186 e. The molecule has 1 saturated heterocycles. The zero-order valence-electron chi connectivity index (χ0n) is 14.7. The maximum atomic E-state index is 11.8. The van der Waals surface area contributed by atoms with Crippen molar-refractivity contribution >= 4 is 67.5 Å². The van der Waals surface area contributed by atoms with E-state index in [0.717, 1.165) is 47.0 Å². The maximum Gasteiger partial charge on any atom is 0.186 e. The van der Waals surface area contributed by atoms with E-state index < -0.39 is 17.6 Å². The Morgan fingerprint density at radius 2 is 1.28 bits per heavy atom. The molecule has 0 aliphatic carbocycles. The van der Waals surface area contributed by atoms with Gasteiger partial charge < -0.3 is 9.47 Å². The first kappa shape index (κ1) is 23.0. The number of carbonyl (C=O) groups is 4. The molecule has 0 aromatic rings. The van der Waals surface area contributed by atoms with Crippen LogP contribution in [0.4, 0.5) is 0 Å². The SMILES string of the molecule is COC1O[C@H](CSC(C)=O)[C@@H](SC(C)=O)[C@H](SC(C)=O)[C@@H]1SC(C)=O. The van der Waals surface area contributed by atoms with Gasteiger partial charge >= 0.3 is 0 Å². The lowest BCUT2D eigenvalue weighted by atomic mass is 10.1. The van der Waals surface area contributed by atoms with Gasteiger partial charge in [-0.2, -0.15) is 0 Å². The minimum absolute atomic E-state index is 0.0554. The molecule has 1 aliphatic heterocycles. The third kappa shape index (κ3) is 7.64. The first-order chi connectivity index (χ1) is 11.6. The van der Waals surface area contributed by atoms with Crippen molar-refractivity contribution < 1.29 is 28.7 Å². The third-order valence-electron chi connectivity index (χ3n) is 3.18. The van der Waals surface area contributed by atoms with Crippen LogP contribution in [0.5, 0.6) is 0 Å². The van der Waals surface area contributed by atoms with Gasteiger partial charge in [-0.3, -0.25) is 19.2 Å². The van der Waals surface area contributed by atoms with Crippen LogP contribution in [-0.2, 0) is 28.7 Å². The number of hydrogen-bond acceptors (Lipinski definition) is 10. The first-order valence-electron chi connectivity index (χ1n) is 7.49. The van der Waals surface area contributed by atoms with Crippen LogP contribution in [-0.4, -0.2) is 61.5 Å². The number of rotatable bonds is 6. The Hall–Kier alpha value is -0.000000000000000167. The second-order valence-corrected chi connectivity index (χ2v) is 10.6. The summed E-state index contributed by atoms with van der Waals surface area (Å²) in [5.74, 6) is 0.354. The molecular formula is C15H22O6S4. The molecule has 0 aromatic carbocycles. The van der Waals surface area contributed by atoms with Crippen molar-refractivity contribution in [2.45, 2.75) is 55.8 Å². The Morgan fingerprint density at radius 1 is 0.800 bits per heavy atom. The molecule has 0 amide bonds. The van der Waals surface area contributed by atoms with Crippen molar-refractivity contribution in [3.05, 3.63) is 0 Å². The van der Waals surface area contributed by atoms with Crippen LogP contribution in [0.25, 0.3) is 0 Å². The zero-order chi connectivity index (χ0) is 19.1. The fourth-order valence-corrected chi connectivity index (χ4v) is 6.88. The monoisotopic (exact) mass is 426 g/mol. The van der Waals surface area contributed by atoms with Gasteiger partial charge in [0.15, 0.2) is 26.8 Å². The van der Waals surface area contributed by atoms with Crippen molar-refractivity contribution in [2.75, 3.05) is 12.9 Å². The van der Waals surface area contributed by atoms with Crippen molar-refractivity contribution in [3.63, 3.8) is 0 Å². The Labute approximate surface area is 164 Å². The number of hydrogen-bond donors (Lipinski definition) is 0. The van der Waals surface area contributed by atoms with Gasteiger partial charge in [-0.15, -0.1) is 0 Å². The molecule has 1 unspecified atom stereocenters. The van der Waals surface area contributed by atoms with Gasteiger partial charge in [0.25, 0.3) is 0 Å². The van der Waals surface area contributed by atoms with Gasteiger partial charge in [0.2, 0.25) is 0 Å². The minimum Gasteiger partial charge on any atom is -0.355 e. The van der Waals surface area contributed by atoms with Crippen LogP contribution < -0.4 is 0 Å². The summed E-state index contributed by atoms with van der Waals surface area (Å²) in [6.45, 7) is 5.81. The molecule has 1 rings (SSSR count). The van der Waals surface area contributed by atoms with E-state index in [4.69, 9.17) is 9.47 Å². The number of ether oxygens (including phenoxy) is 2. The lowest BCUT2D eigenvalue weighted by molar-refractivity contribution is -0.165. The van der Waals surface area contributed by atoms with Gasteiger partial charge in [0, 0.05) is 45.8 Å². The summed E-state index contributed by atoms with van der Waals surface area (Å²) >= 11 is 4.34. The number of methoxy groups -OCH3 is 1. The molecule has 0 spiro atoms. The first-order valence-corrected chi connectivity index (χ1v) is 11.1. The summed E-state index contributed by atoms with van der Waals surface area (Å²) in [6.07, 6.45) is -1.15. The number of thioether (sulfide) groups is 4. The Balaban J connectivity index is 3.18. The van der Waals surface area contributed by atoms with E-state index in [9.17, 15) is 19.2 Å². The highest BCUT2D eigenvalue weighted by Gasteiger charge is 2.48. The van der Waals surface area contributed by atoms with Gasteiger partial charge in [-0.1, -0.05) is 47.0 Å². The highest BCUT2D eigenvalue weighted by atomic mass is 32.2. The van der Waals surface area contributed by atoms with E-state index in [1.54, 1.807) is 0 Å². The summed E-state index contributed by atoms with van der Waals surface area (Å²) in [4.78, 5) is 46.5. The molecule has 25 heavy (non-hydrogen) atoms. The predicted octanol–water partition coefficient (Wildman–Crippen LogP) is 2.58. The van der Waals surface area contributed by atoms with Crippen LogP contribution in [0.1, 0.15) is 27.7 Å². The molecule has 0 saturated carbocycles. The molecule has 0 N–H and O–H groups in total. The minimum atomic E-state index is -0.702. The topological polar surface area (TPSA) is 86.7 Å². The highest BCUT2D eigenvalue weighted by Crippen LogP contribution is 2.43. The second-order valence-electron chi connectivity index (χ2n) is 5.30. The highest BCUT2D eigenvalue weighted by molar-refractivity contribution is 8.19. The quantitative estimate of drug-likeness (QED) is 0.631. The van der Waals surface area contributed by atoms with Gasteiger partial charge in [0.1, 0.15) is 0 Å². The maximum absolute atomic E-state index is 11.8. The largest absolute Gasteiger partial charge is 0.355 e. The zero-order valence-corrected chi connectivity index (χ0v) is 17.9. The standard InChI is InChI=1S/C15H22O6S4/c1-7(16)22-6-11-12(23-8(2)17)13(24-9(3)18)14(25-10(4)19)15(20-5)21-11/h11-15H,6H2,1-5H3/t11-,12-,13+,14+,15?/m1/s1. The number of carbonyl (C=O) groups excluding carboxylic acids is 4. The van der Waals surface area contributed by atoms with Crippen LogP contribution in [0.15, 0.2) is 0 Å². The van der Waals surface area contributed by atoms with E-state index >= 15 is 0 Å². The van der Waals surface area contributed by atoms with E-state index in [1.807, 2.05) is 0 Å². The molecular weight excluding hydrogens is 404 g/mol. The molecule has 0 aromatic heterocycles. The summed E-state index contributed by atoms with van der Waals surface area (Å²) in [5.41, 5.74) is 0. The van der Waals surface area contributed by atoms with E-state index in [-0.39, 0.29) is 31.0 Å². The summed E-state index contributed by atoms with van der Waals surface area (Å²) in [5, 5.41) is -1.52. The van der Waals surface area contributed by atoms with Crippen LogP contribution in [0, 0.1) is 0 Å². The summed E-state index contributed by atoms with van der Waals surface area (Å²) in [6, 6.07) is 0. The van der Waals surface area contributed by atoms with E-state index in [0.29, 0.717) is 5.75 Å². The van der Waals surface area contributed by atoms with Gasteiger partial charge in [0.05, 0.1) is 16.6 Å². The fourth-order valence-electron chi connectivity index (χ4n) is 2.38. The molecule has 1 fully saturated rings. The average Bonchev–Trinajstić information content (AvgIpc) is 2.48. The lowest BCUT2D eigenvalue weighted by Crippen LogP contribution is -2.55. The normalized spacial score (nSPS) is 29.2. The second kappa shape index (κ2) is 11.0. The Kier molecular flexibility index (Phi) is 10.1. The Morgan fingerprint density at radius 3 is 1.72 bits per heavy atom. The molecule has 0 radical (unpaired) electrons. The molecule has 1 aliphatic rings. The average molecular weight is 427 g/mol. The van der Waals surface area contributed by atoms with Crippen molar-refractivity contribution in [1.82, 2.24) is 0 Å². The third-order valence-corrected chi connectivity index (χ3v) is 7.94. The fraction of sp³-hybridized carbons (Fsp3) is 0.733. The molecule has 0 bridgehead atoms. The lowest BCUT2D eigenvalue weighted by Gasteiger charge is -2.44. The van der Waals surface area contributed by atoms with Crippen molar-refractivity contribution in [3.8, 4) is 0 Å². The summed E-state index contributed by atoms with van der Waals surface area (Å²) < 4.78 is 11.4. The van der Waals surface area contributed by atoms with Crippen molar-refractivity contribution in [2.24, 2.45) is 0 Å². The Bertz CT molecular complexity index is 526.